The summed E-state index contributed by atoms with van der Waals surface area (Å²) in [5, 5.41) is 1.34. The molecular weight excluding hydrogens is 334 g/mol. The van der Waals surface area contributed by atoms with Crippen molar-refractivity contribution in [2.24, 2.45) is 7.05 Å². The SMILES string of the molecule is COS(=O)(=O)[O-].Cc1sc2cc(-c3ccccc3)ccc2[n+]1C. The predicted octanol–water partition coefficient (Wildman–Crippen LogP) is 2.79. The van der Waals surface area contributed by atoms with E-state index in [1.807, 2.05) is 11.3 Å². The average molecular weight is 351 g/mol. The molecule has 3 aromatic rings. The van der Waals surface area contributed by atoms with E-state index < -0.39 is 10.4 Å². The van der Waals surface area contributed by atoms with Gasteiger partial charge in [0.05, 0.1) is 7.11 Å². The maximum Gasteiger partial charge on any atom is 0.234 e. The van der Waals surface area contributed by atoms with Gasteiger partial charge in [0.2, 0.25) is 20.9 Å². The van der Waals surface area contributed by atoms with Crippen molar-refractivity contribution in [2.45, 2.75) is 6.92 Å². The van der Waals surface area contributed by atoms with Crippen LogP contribution in [0.15, 0.2) is 48.5 Å². The number of thiazole rings is 1. The Labute approximate surface area is 139 Å². The minimum absolute atomic E-state index is 0.808. The fraction of sp³-hybridized carbons (Fsp3) is 0.188. The summed E-state index contributed by atoms with van der Waals surface area (Å²) in [7, 11) is -1.48. The topological polar surface area (TPSA) is 70.3 Å². The second-order valence-corrected chi connectivity index (χ2v) is 7.19. The van der Waals surface area contributed by atoms with Gasteiger partial charge < -0.3 is 4.55 Å². The molecule has 0 fully saturated rings. The summed E-state index contributed by atoms with van der Waals surface area (Å²) in [6.45, 7) is 2.16. The molecule has 2 aromatic carbocycles. The van der Waals surface area contributed by atoms with Gasteiger partial charge in [-0.25, -0.2) is 8.42 Å². The monoisotopic (exact) mass is 351 g/mol. The molecule has 0 aliphatic rings. The second kappa shape index (κ2) is 7.18. The summed E-state index contributed by atoms with van der Waals surface area (Å²) in [5.74, 6) is 0. The molecule has 0 saturated carbocycles. The molecule has 0 bridgehead atoms. The maximum atomic E-state index is 9.22. The summed E-state index contributed by atoms with van der Waals surface area (Å²) in [6, 6.07) is 17.2. The lowest BCUT2D eigenvalue weighted by Gasteiger charge is -1.99. The Morgan fingerprint density at radius 3 is 2.26 bits per heavy atom. The van der Waals surface area contributed by atoms with Crippen molar-refractivity contribution in [1.29, 1.82) is 0 Å². The Kier molecular flexibility index (Phi) is 5.48. The van der Waals surface area contributed by atoms with Crippen LogP contribution in [0.4, 0.5) is 0 Å². The Bertz CT molecular complexity index is 902. The normalized spacial score (nSPS) is 11.1. The first kappa shape index (κ1) is 17.6. The van der Waals surface area contributed by atoms with Gasteiger partial charge in [0.1, 0.15) is 11.7 Å². The van der Waals surface area contributed by atoms with Gasteiger partial charge in [-0.2, -0.15) is 4.57 Å². The molecule has 0 aliphatic carbocycles. The standard InChI is InChI=1S/C15H14NS.CH4O4S/c1-11-16(2)14-9-8-13(10-15(14)17-11)12-6-4-3-5-7-12;1-5-6(2,3)4/h3-10H,1-2H3;1H3,(H,2,3,4)/q+1;/p-1. The first-order valence-corrected chi connectivity index (χ1v) is 8.93. The highest BCUT2D eigenvalue weighted by Gasteiger charge is 2.13. The number of nitrogens with zero attached hydrogens (tertiary/aromatic N) is 1. The molecule has 0 spiro atoms. The van der Waals surface area contributed by atoms with E-state index in [1.165, 1.54) is 26.4 Å². The van der Waals surface area contributed by atoms with Gasteiger partial charge in [0.25, 0.3) is 0 Å². The molecule has 1 heterocycles. The van der Waals surface area contributed by atoms with Crippen LogP contribution >= 0.6 is 11.3 Å². The molecule has 5 nitrogen and oxygen atoms in total. The zero-order chi connectivity index (χ0) is 17.0. The third kappa shape index (κ3) is 4.59. The van der Waals surface area contributed by atoms with E-state index in [0.717, 1.165) is 7.11 Å². The highest BCUT2D eigenvalue weighted by molar-refractivity contribution is 7.80. The van der Waals surface area contributed by atoms with Gasteiger partial charge in [-0.1, -0.05) is 41.7 Å². The van der Waals surface area contributed by atoms with Gasteiger partial charge in [-0.3, -0.25) is 4.18 Å². The number of aryl methyl sites for hydroxylation is 2. The van der Waals surface area contributed by atoms with Gasteiger partial charge in [-0.15, -0.1) is 0 Å². The van der Waals surface area contributed by atoms with Crippen LogP contribution in [0.3, 0.4) is 0 Å². The van der Waals surface area contributed by atoms with E-state index in [-0.39, 0.29) is 0 Å². The average Bonchev–Trinajstić information content (AvgIpc) is 2.82. The number of benzene rings is 2. The molecule has 0 atom stereocenters. The molecule has 0 N–H and O–H groups in total. The number of hydrogen-bond donors (Lipinski definition) is 0. The van der Waals surface area contributed by atoms with Gasteiger partial charge >= 0.3 is 0 Å². The lowest BCUT2D eigenvalue weighted by atomic mass is 10.1. The van der Waals surface area contributed by atoms with Crippen LogP contribution in [-0.4, -0.2) is 20.1 Å². The Morgan fingerprint density at radius 2 is 1.70 bits per heavy atom. The Balaban J connectivity index is 0.000000277. The van der Waals surface area contributed by atoms with Crippen LogP contribution in [-0.2, 0) is 21.6 Å². The van der Waals surface area contributed by atoms with Gasteiger partial charge in [0.15, 0.2) is 0 Å². The van der Waals surface area contributed by atoms with Crippen molar-refractivity contribution < 1.29 is 21.7 Å². The van der Waals surface area contributed by atoms with E-state index in [1.54, 1.807) is 0 Å². The molecule has 1 aromatic heterocycles. The molecule has 0 amide bonds. The summed E-state index contributed by atoms with van der Waals surface area (Å²) in [5.41, 5.74) is 3.88. The molecule has 122 valence electrons. The lowest BCUT2D eigenvalue weighted by Crippen LogP contribution is -2.28. The molecule has 23 heavy (non-hydrogen) atoms. The molecule has 3 rings (SSSR count). The minimum Gasteiger partial charge on any atom is -0.726 e. The highest BCUT2D eigenvalue weighted by Crippen LogP contribution is 2.26. The largest absolute Gasteiger partial charge is 0.726 e. The summed E-state index contributed by atoms with van der Waals surface area (Å²) >= 11 is 1.85. The van der Waals surface area contributed by atoms with E-state index in [4.69, 9.17) is 0 Å². The van der Waals surface area contributed by atoms with Crippen molar-refractivity contribution >= 4 is 32.0 Å². The number of fused-ring (bicyclic) bond motifs is 1. The Hall–Kier alpha value is -1.80. The minimum atomic E-state index is -4.41. The fourth-order valence-electron chi connectivity index (χ4n) is 2.08. The first-order valence-electron chi connectivity index (χ1n) is 6.78. The fourth-order valence-corrected chi connectivity index (χ4v) is 3.13. The second-order valence-electron chi connectivity index (χ2n) is 4.80. The molecule has 0 radical (unpaired) electrons. The zero-order valence-electron chi connectivity index (χ0n) is 13.0. The van der Waals surface area contributed by atoms with Crippen molar-refractivity contribution in [2.75, 3.05) is 7.11 Å². The summed E-state index contributed by atoms with van der Waals surface area (Å²) < 4.78 is 34.6. The molecular formula is C16H17NO4S2. The van der Waals surface area contributed by atoms with Crippen LogP contribution in [0, 0.1) is 6.92 Å². The number of aromatic nitrogens is 1. The van der Waals surface area contributed by atoms with E-state index in [9.17, 15) is 13.0 Å². The molecule has 0 unspecified atom stereocenters. The third-order valence-corrected chi connectivity index (χ3v) is 4.89. The lowest BCUT2D eigenvalue weighted by molar-refractivity contribution is -0.646. The van der Waals surface area contributed by atoms with Crippen molar-refractivity contribution in [1.82, 2.24) is 0 Å². The molecule has 0 aliphatic heterocycles. The van der Waals surface area contributed by atoms with Gasteiger partial charge in [-0.05, 0) is 23.3 Å². The van der Waals surface area contributed by atoms with Crippen LogP contribution < -0.4 is 4.57 Å². The van der Waals surface area contributed by atoms with Crippen LogP contribution in [0.1, 0.15) is 5.01 Å². The van der Waals surface area contributed by atoms with E-state index in [0.29, 0.717) is 0 Å². The van der Waals surface area contributed by atoms with Crippen LogP contribution in [0.25, 0.3) is 21.3 Å². The number of rotatable bonds is 2. The smallest absolute Gasteiger partial charge is 0.234 e. The van der Waals surface area contributed by atoms with E-state index in [2.05, 4.69) is 71.3 Å². The maximum absolute atomic E-state index is 9.22. The molecule has 0 saturated heterocycles. The van der Waals surface area contributed by atoms with Crippen molar-refractivity contribution in [3.8, 4) is 11.1 Å². The van der Waals surface area contributed by atoms with Crippen LogP contribution in [0.5, 0.6) is 0 Å². The van der Waals surface area contributed by atoms with Crippen LogP contribution in [0.2, 0.25) is 0 Å². The highest BCUT2D eigenvalue weighted by atomic mass is 32.3. The number of hydrogen-bond acceptors (Lipinski definition) is 5. The predicted molar refractivity (Wildman–Crippen MR) is 89.9 cm³/mol. The quantitative estimate of drug-likeness (QED) is 0.404. The summed E-state index contributed by atoms with van der Waals surface area (Å²) in [4.78, 5) is 0. The zero-order valence-corrected chi connectivity index (χ0v) is 14.6. The first-order chi connectivity index (χ1) is 10.8. The van der Waals surface area contributed by atoms with Gasteiger partial charge in [0, 0.05) is 13.0 Å². The molecule has 7 heteroatoms. The summed E-state index contributed by atoms with van der Waals surface area (Å²) in [6.07, 6.45) is 0. The van der Waals surface area contributed by atoms with E-state index >= 15 is 0 Å². The third-order valence-electron chi connectivity index (χ3n) is 3.36. The van der Waals surface area contributed by atoms with Crippen molar-refractivity contribution in [3.05, 3.63) is 53.5 Å². The van der Waals surface area contributed by atoms with Crippen molar-refractivity contribution in [3.63, 3.8) is 0 Å². The Morgan fingerprint density at radius 1 is 1.09 bits per heavy atom.